The lowest BCUT2D eigenvalue weighted by molar-refractivity contribution is -0.122. The summed E-state index contributed by atoms with van der Waals surface area (Å²) in [7, 11) is 4.14. The van der Waals surface area contributed by atoms with Crippen molar-refractivity contribution in [1.82, 2.24) is 15.3 Å². The van der Waals surface area contributed by atoms with Crippen molar-refractivity contribution in [3.63, 3.8) is 0 Å². The average molecular weight is 512 g/mol. The van der Waals surface area contributed by atoms with Crippen LogP contribution in [-0.4, -0.2) is 42.6 Å². The van der Waals surface area contributed by atoms with Crippen molar-refractivity contribution in [3.8, 4) is 0 Å². The van der Waals surface area contributed by atoms with Gasteiger partial charge >= 0.3 is 0 Å². The summed E-state index contributed by atoms with van der Waals surface area (Å²) in [5, 5.41) is 6.94. The third kappa shape index (κ3) is 6.53. The van der Waals surface area contributed by atoms with Gasteiger partial charge in [0, 0.05) is 32.2 Å². The number of carbonyl (C=O) groups is 1. The maximum atomic E-state index is 13.4. The van der Waals surface area contributed by atoms with Gasteiger partial charge in [-0.05, 0) is 74.8 Å². The first-order valence-electron chi connectivity index (χ1n) is 14.3. The number of hydrogen-bond donors (Lipinski definition) is 2. The van der Waals surface area contributed by atoms with Crippen LogP contribution in [0.5, 0.6) is 0 Å². The van der Waals surface area contributed by atoms with Crippen LogP contribution in [0.2, 0.25) is 0 Å². The number of benzene rings is 2. The van der Waals surface area contributed by atoms with Crippen LogP contribution in [0.25, 0.3) is 0 Å². The second-order valence-electron chi connectivity index (χ2n) is 11.2. The zero-order valence-corrected chi connectivity index (χ0v) is 22.8. The maximum absolute atomic E-state index is 13.4. The molecule has 0 radical (unpaired) electrons. The molecule has 1 heterocycles. The molecule has 2 aromatic carbocycles. The number of aryl methyl sites for hydroxylation is 1. The average Bonchev–Trinajstić information content (AvgIpc) is 2.96. The van der Waals surface area contributed by atoms with E-state index in [-0.39, 0.29) is 11.8 Å². The van der Waals surface area contributed by atoms with E-state index >= 15 is 0 Å². The first kappa shape index (κ1) is 26.2. The molecular weight excluding hydrogens is 470 g/mol. The van der Waals surface area contributed by atoms with Gasteiger partial charge in [-0.2, -0.15) is 4.98 Å². The fourth-order valence-electron chi connectivity index (χ4n) is 5.97. The van der Waals surface area contributed by atoms with Crippen molar-refractivity contribution < 1.29 is 4.79 Å². The first-order valence-corrected chi connectivity index (χ1v) is 14.3. The van der Waals surface area contributed by atoms with Crippen LogP contribution in [0.3, 0.4) is 0 Å². The van der Waals surface area contributed by atoms with Gasteiger partial charge in [-0.25, -0.2) is 4.98 Å². The number of nitrogens with zero attached hydrogens (tertiary/aromatic N) is 3. The van der Waals surface area contributed by atoms with Crippen LogP contribution in [0.15, 0.2) is 60.7 Å². The van der Waals surface area contributed by atoms with Crippen LogP contribution >= 0.6 is 0 Å². The highest BCUT2D eigenvalue weighted by Gasteiger charge is 2.26. The summed E-state index contributed by atoms with van der Waals surface area (Å²) in [6.07, 6.45) is 9.62. The first-order chi connectivity index (χ1) is 18.6. The molecule has 0 aliphatic heterocycles. The molecule has 0 spiro atoms. The maximum Gasteiger partial charge on any atom is 0.227 e. The normalized spacial score (nSPS) is 19.7. The minimum absolute atomic E-state index is 0.124. The Balaban J connectivity index is 1.15. The Labute approximate surface area is 227 Å². The standard InChI is InChI=1S/C32H41N5O/c1-37(2)30-27-15-9-10-16-29(27)35-32(36-30)34-26-19-17-24(18-20-26)22-33-31(38)28(25-13-7-4-8-14-25)21-23-11-5-3-6-12-23/h3-8,11-14,24,26,28H,9-10,15-22H2,1-2H3,(H,33,38)(H,34,35,36). The van der Waals surface area contributed by atoms with E-state index in [2.05, 4.69) is 53.9 Å². The number of hydrogen-bond acceptors (Lipinski definition) is 5. The van der Waals surface area contributed by atoms with E-state index in [1.807, 2.05) is 36.4 Å². The molecule has 1 amide bonds. The smallest absolute Gasteiger partial charge is 0.227 e. The largest absolute Gasteiger partial charge is 0.362 e. The molecule has 1 fully saturated rings. The summed E-state index contributed by atoms with van der Waals surface area (Å²) < 4.78 is 0. The SMILES string of the molecule is CN(C)c1nc(NC2CCC(CNC(=O)C(Cc3ccccc3)c3ccccc3)CC2)nc2c1CCCC2. The van der Waals surface area contributed by atoms with E-state index in [0.717, 1.165) is 62.4 Å². The molecule has 1 unspecified atom stereocenters. The van der Waals surface area contributed by atoms with Gasteiger partial charge < -0.3 is 15.5 Å². The number of anilines is 2. The van der Waals surface area contributed by atoms with Crippen LogP contribution in [0.4, 0.5) is 11.8 Å². The predicted molar refractivity (Wildman–Crippen MR) is 155 cm³/mol. The molecular formula is C32H41N5O. The van der Waals surface area contributed by atoms with Crippen molar-refractivity contribution in [2.24, 2.45) is 5.92 Å². The zero-order valence-electron chi connectivity index (χ0n) is 22.8. The molecule has 0 saturated heterocycles. The zero-order chi connectivity index (χ0) is 26.3. The van der Waals surface area contributed by atoms with E-state index in [4.69, 9.17) is 9.97 Å². The summed E-state index contributed by atoms with van der Waals surface area (Å²) in [6.45, 7) is 0.740. The van der Waals surface area contributed by atoms with E-state index in [1.54, 1.807) is 0 Å². The number of fused-ring (bicyclic) bond motifs is 1. The topological polar surface area (TPSA) is 70.2 Å². The van der Waals surface area contributed by atoms with Crippen molar-refractivity contribution in [2.45, 2.75) is 69.7 Å². The van der Waals surface area contributed by atoms with Gasteiger partial charge in [0.25, 0.3) is 0 Å². The van der Waals surface area contributed by atoms with E-state index in [1.165, 1.54) is 29.7 Å². The van der Waals surface area contributed by atoms with E-state index in [9.17, 15) is 4.79 Å². The van der Waals surface area contributed by atoms with Crippen LogP contribution in [0.1, 0.15) is 66.8 Å². The van der Waals surface area contributed by atoms with Gasteiger partial charge in [-0.1, -0.05) is 60.7 Å². The Morgan fingerprint density at radius 1 is 0.921 bits per heavy atom. The molecule has 38 heavy (non-hydrogen) atoms. The minimum Gasteiger partial charge on any atom is -0.362 e. The Morgan fingerprint density at radius 2 is 1.61 bits per heavy atom. The van der Waals surface area contributed by atoms with Gasteiger partial charge in [0.05, 0.1) is 11.6 Å². The predicted octanol–water partition coefficient (Wildman–Crippen LogP) is 5.53. The summed E-state index contributed by atoms with van der Waals surface area (Å²) in [5.74, 6) is 2.30. The quantitative estimate of drug-likeness (QED) is 0.395. The summed E-state index contributed by atoms with van der Waals surface area (Å²) >= 11 is 0. The third-order valence-electron chi connectivity index (χ3n) is 8.13. The van der Waals surface area contributed by atoms with Gasteiger partial charge in [0.15, 0.2) is 0 Å². The fraction of sp³-hybridized carbons (Fsp3) is 0.469. The van der Waals surface area contributed by atoms with Crippen molar-refractivity contribution >= 4 is 17.7 Å². The Kier molecular flexibility index (Phi) is 8.57. The molecule has 6 heteroatoms. The summed E-state index contributed by atoms with van der Waals surface area (Å²) in [6, 6.07) is 20.9. The number of carbonyl (C=O) groups excluding carboxylic acids is 1. The molecule has 2 N–H and O–H groups in total. The lowest BCUT2D eigenvalue weighted by Gasteiger charge is -2.30. The Morgan fingerprint density at radius 3 is 2.32 bits per heavy atom. The number of amides is 1. The lowest BCUT2D eigenvalue weighted by Crippen LogP contribution is -2.37. The van der Waals surface area contributed by atoms with Crippen molar-refractivity contribution in [3.05, 3.63) is 83.0 Å². The molecule has 6 nitrogen and oxygen atoms in total. The van der Waals surface area contributed by atoms with Gasteiger partial charge in [0.1, 0.15) is 5.82 Å². The monoisotopic (exact) mass is 511 g/mol. The molecule has 3 aromatic rings. The molecule has 2 aliphatic rings. The summed E-state index contributed by atoms with van der Waals surface area (Å²) in [5.41, 5.74) is 4.80. The summed E-state index contributed by atoms with van der Waals surface area (Å²) in [4.78, 5) is 25.3. The molecule has 200 valence electrons. The molecule has 2 aliphatic carbocycles. The second-order valence-corrected chi connectivity index (χ2v) is 11.2. The van der Waals surface area contributed by atoms with Crippen LogP contribution in [-0.2, 0) is 24.1 Å². The number of aromatic nitrogens is 2. The van der Waals surface area contributed by atoms with Gasteiger partial charge in [-0.15, -0.1) is 0 Å². The fourth-order valence-corrected chi connectivity index (χ4v) is 5.97. The number of nitrogens with one attached hydrogen (secondary N) is 2. The van der Waals surface area contributed by atoms with Gasteiger partial charge in [0.2, 0.25) is 11.9 Å². The van der Waals surface area contributed by atoms with Crippen LogP contribution in [0, 0.1) is 5.92 Å². The minimum atomic E-state index is -0.177. The molecule has 1 atom stereocenters. The van der Waals surface area contributed by atoms with Crippen LogP contribution < -0.4 is 15.5 Å². The molecule has 5 rings (SSSR count). The van der Waals surface area contributed by atoms with E-state index in [0.29, 0.717) is 18.4 Å². The highest BCUT2D eigenvalue weighted by atomic mass is 16.1. The third-order valence-corrected chi connectivity index (χ3v) is 8.13. The van der Waals surface area contributed by atoms with Gasteiger partial charge in [-0.3, -0.25) is 4.79 Å². The Bertz CT molecular complexity index is 1190. The number of rotatable bonds is 9. The lowest BCUT2D eigenvalue weighted by atomic mass is 9.85. The van der Waals surface area contributed by atoms with E-state index < -0.39 is 0 Å². The molecule has 0 bridgehead atoms. The molecule has 1 aromatic heterocycles. The van der Waals surface area contributed by atoms with Crippen molar-refractivity contribution in [1.29, 1.82) is 0 Å². The van der Waals surface area contributed by atoms with Crippen molar-refractivity contribution in [2.75, 3.05) is 30.9 Å². The Hall–Kier alpha value is -3.41. The highest BCUT2D eigenvalue weighted by Crippen LogP contribution is 2.30. The second kappa shape index (κ2) is 12.4. The highest BCUT2D eigenvalue weighted by molar-refractivity contribution is 5.84. The molecule has 1 saturated carbocycles.